The van der Waals surface area contributed by atoms with E-state index in [0.717, 1.165) is 37.4 Å². The Labute approximate surface area is 126 Å². The third-order valence-corrected chi connectivity index (χ3v) is 4.41. The van der Waals surface area contributed by atoms with Crippen LogP contribution in [0.3, 0.4) is 0 Å². The van der Waals surface area contributed by atoms with Gasteiger partial charge >= 0.3 is 5.69 Å². The molecule has 2 N–H and O–H groups in total. The fraction of sp³-hybridized carbons (Fsp3) is 0.462. The Balaban J connectivity index is 1.71. The van der Waals surface area contributed by atoms with Crippen molar-refractivity contribution < 1.29 is 4.92 Å². The van der Waals surface area contributed by atoms with E-state index in [-0.39, 0.29) is 10.6 Å². The first-order chi connectivity index (χ1) is 10.3. The Kier molecular flexibility index (Phi) is 4.28. The highest BCUT2D eigenvalue weighted by molar-refractivity contribution is 7.16. The molecule has 3 rings (SSSR count). The van der Waals surface area contributed by atoms with Gasteiger partial charge in [-0.05, 0) is 12.1 Å². The number of hydrogen-bond acceptors (Lipinski definition) is 7. The molecule has 0 radical (unpaired) electrons. The lowest BCUT2D eigenvalue weighted by atomic mass is 10.2. The Morgan fingerprint density at radius 2 is 2.24 bits per heavy atom. The van der Waals surface area contributed by atoms with E-state index in [9.17, 15) is 10.1 Å². The molecule has 112 valence electrons. The highest BCUT2D eigenvalue weighted by Gasteiger charge is 2.20. The van der Waals surface area contributed by atoms with Gasteiger partial charge in [-0.1, -0.05) is 0 Å². The molecule has 1 aliphatic heterocycles. The van der Waals surface area contributed by atoms with Crippen molar-refractivity contribution in [1.29, 1.82) is 0 Å². The van der Waals surface area contributed by atoms with Crippen LogP contribution in [0.15, 0.2) is 17.6 Å². The van der Waals surface area contributed by atoms with E-state index >= 15 is 0 Å². The lowest BCUT2D eigenvalue weighted by Crippen LogP contribution is -2.45. The van der Waals surface area contributed by atoms with E-state index in [4.69, 9.17) is 0 Å². The number of nitrogens with one attached hydrogen (secondary N) is 2. The van der Waals surface area contributed by atoms with Crippen molar-refractivity contribution in [2.24, 2.45) is 0 Å². The maximum atomic E-state index is 11.3. The molecule has 0 unspecified atom stereocenters. The Hall–Kier alpha value is -1.77. The molecule has 1 aromatic carbocycles. The van der Waals surface area contributed by atoms with E-state index in [0.29, 0.717) is 17.7 Å². The van der Waals surface area contributed by atoms with Crippen molar-refractivity contribution in [3.8, 4) is 0 Å². The highest BCUT2D eigenvalue weighted by Crippen LogP contribution is 2.34. The monoisotopic (exact) mass is 307 g/mol. The molecular weight excluding hydrogens is 290 g/mol. The van der Waals surface area contributed by atoms with Crippen LogP contribution >= 0.6 is 11.3 Å². The number of piperazine rings is 1. The molecule has 0 bridgehead atoms. The molecule has 21 heavy (non-hydrogen) atoms. The third-order valence-electron chi connectivity index (χ3n) is 3.61. The van der Waals surface area contributed by atoms with Gasteiger partial charge in [-0.15, -0.1) is 11.3 Å². The maximum Gasteiger partial charge on any atom is 0.319 e. The lowest BCUT2D eigenvalue weighted by Gasteiger charge is -2.27. The molecule has 7 nitrogen and oxygen atoms in total. The van der Waals surface area contributed by atoms with Crippen LogP contribution in [0.1, 0.15) is 0 Å². The summed E-state index contributed by atoms with van der Waals surface area (Å²) in [6.45, 7) is 5.63. The van der Waals surface area contributed by atoms with E-state index in [1.165, 1.54) is 11.3 Å². The van der Waals surface area contributed by atoms with Crippen LogP contribution < -0.4 is 10.6 Å². The Morgan fingerprint density at radius 3 is 3.00 bits per heavy atom. The van der Waals surface area contributed by atoms with Crippen LogP contribution in [-0.4, -0.2) is 54.1 Å². The topological polar surface area (TPSA) is 83.3 Å². The SMILES string of the molecule is O=[N+]([O-])c1c(NCCN2CCNCC2)ccc2scnc12. The van der Waals surface area contributed by atoms with E-state index < -0.39 is 0 Å². The summed E-state index contributed by atoms with van der Waals surface area (Å²) in [7, 11) is 0. The number of aromatic nitrogens is 1. The zero-order valence-corrected chi connectivity index (χ0v) is 12.4. The van der Waals surface area contributed by atoms with Gasteiger partial charge in [0, 0.05) is 39.3 Å². The van der Waals surface area contributed by atoms with Gasteiger partial charge in [0.2, 0.25) is 0 Å². The standard InChI is InChI=1S/C13H17N5O2S/c19-18(20)13-10(1-2-11-12(13)16-9-21-11)15-5-8-17-6-3-14-4-7-17/h1-2,9,14-15H,3-8H2. The number of thiazole rings is 1. The van der Waals surface area contributed by atoms with E-state index in [2.05, 4.69) is 20.5 Å². The number of benzene rings is 1. The summed E-state index contributed by atoms with van der Waals surface area (Å²) in [5.41, 5.74) is 2.74. The normalized spacial score (nSPS) is 16.2. The maximum absolute atomic E-state index is 11.3. The summed E-state index contributed by atoms with van der Waals surface area (Å²) in [5, 5.41) is 17.8. The first kappa shape index (κ1) is 14.2. The van der Waals surface area contributed by atoms with Crippen molar-refractivity contribution in [2.75, 3.05) is 44.6 Å². The van der Waals surface area contributed by atoms with Gasteiger partial charge < -0.3 is 10.6 Å². The Morgan fingerprint density at radius 1 is 1.43 bits per heavy atom. The predicted octanol–water partition coefficient (Wildman–Crippen LogP) is 1.52. The van der Waals surface area contributed by atoms with Crippen molar-refractivity contribution in [1.82, 2.24) is 15.2 Å². The molecule has 8 heteroatoms. The van der Waals surface area contributed by atoms with Gasteiger partial charge in [0.15, 0.2) is 5.52 Å². The van der Waals surface area contributed by atoms with Gasteiger partial charge in [-0.2, -0.15) is 0 Å². The van der Waals surface area contributed by atoms with Gasteiger partial charge in [0.1, 0.15) is 5.69 Å². The number of anilines is 1. The van der Waals surface area contributed by atoms with Crippen LogP contribution in [0.5, 0.6) is 0 Å². The highest BCUT2D eigenvalue weighted by atomic mass is 32.1. The van der Waals surface area contributed by atoms with Crippen LogP contribution in [-0.2, 0) is 0 Å². The minimum Gasteiger partial charge on any atom is -0.378 e. The van der Waals surface area contributed by atoms with Gasteiger partial charge in [-0.3, -0.25) is 15.0 Å². The van der Waals surface area contributed by atoms with Gasteiger partial charge in [-0.25, -0.2) is 4.98 Å². The predicted molar refractivity (Wildman–Crippen MR) is 84.1 cm³/mol. The molecule has 1 aliphatic rings. The van der Waals surface area contributed by atoms with Crippen molar-refractivity contribution >= 4 is 32.9 Å². The summed E-state index contributed by atoms with van der Waals surface area (Å²) in [6.07, 6.45) is 0. The zero-order chi connectivity index (χ0) is 14.7. The smallest absolute Gasteiger partial charge is 0.319 e. The number of hydrogen-bond donors (Lipinski definition) is 2. The molecule has 0 saturated carbocycles. The number of rotatable bonds is 5. The van der Waals surface area contributed by atoms with Crippen molar-refractivity contribution in [3.05, 3.63) is 27.8 Å². The van der Waals surface area contributed by atoms with Crippen LogP contribution in [0.25, 0.3) is 10.2 Å². The number of nitro benzene ring substituents is 1. The molecular formula is C13H17N5O2S. The molecule has 2 heterocycles. The third kappa shape index (κ3) is 3.12. The Bertz CT molecular complexity index is 639. The molecule has 1 fully saturated rings. The molecule has 1 aromatic heterocycles. The van der Waals surface area contributed by atoms with E-state index in [1.54, 1.807) is 11.6 Å². The summed E-state index contributed by atoms with van der Waals surface area (Å²) >= 11 is 1.42. The molecule has 1 saturated heterocycles. The van der Waals surface area contributed by atoms with Crippen LogP contribution in [0.2, 0.25) is 0 Å². The number of nitro groups is 1. The van der Waals surface area contributed by atoms with Gasteiger partial charge in [0.25, 0.3) is 0 Å². The fourth-order valence-electron chi connectivity index (χ4n) is 2.53. The summed E-state index contributed by atoms with van der Waals surface area (Å²) < 4.78 is 0.842. The van der Waals surface area contributed by atoms with Crippen molar-refractivity contribution in [2.45, 2.75) is 0 Å². The number of nitrogens with zero attached hydrogens (tertiary/aromatic N) is 3. The molecule has 0 amide bonds. The first-order valence-corrected chi connectivity index (χ1v) is 7.81. The molecule has 0 atom stereocenters. The summed E-state index contributed by atoms with van der Waals surface area (Å²) in [5.74, 6) is 0. The van der Waals surface area contributed by atoms with Gasteiger partial charge in [0.05, 0.1) is 15.1 Å². The largest absolute Gasteiger partial charge is 0.378 e. The molecule has 2 aromatic rings. The number of fused-ring (bicyclic) bond motifs is 1. The second-order valence-electron chi connectivity index (χ2n) is 4.94. The fourth-order valence-corrected chi connectivity index (χ4v) is 3.21. The average molecular weight is 307 g/mol. The molecule has 0 aliphatic carbocycles. The summed E-state index contributed by atoms with van der Waals surface area (Å²) in [4.78, 5) is 17.4. The van der Waals surface area contributed by atoms with Crippen molar-refractivity contribution in [3.63, 3.8) is 0 Å². The minimum absolute atomic E-state index is 0.0778. The first-order valence-electron chi connectivity index (χ1n) is 6.93. The molecule has 0 spiro atoms. The second kappa shape index (κ2) is 6.33. The second-order valence-corrected chi connectivity index (χ2v) is 5.82. The quantitative estimate of drug-likeness (QED) is 0.644. The van der Waals surface area contributed by atoms with Crippen LogP contribution in [0.4, 0.5) is 11.4 Å². The minimum atomic E-state index is -0.352. The average Bonchev–Trinajstić information content (AvgIpc) is 2.96. The van der Waals surface area contributed by atoms with E-state index in [1.807, 2.05) is 6.07 Å². The van der Waals surface area contributed by atoms with Crippen LogP contribution in [0, 0.1) is 10.1 Å². The zero-order valence-electron chi connectivity index (χ0n) is 11.5. The summed E-state index contributed by atoms with van der Waals surface area (Å²) in [6, 6.07) is 3.66. The lowest BCUT2D eigenvalue weighted by molar-refractivity contribution is -0.382.